The number of hydrogen-bond donors (Lipinski definition) is 2. The van der Waals surface area contributed by atoms with Gasteiger partial charge in [-0.1, -0.05) is 6.07 Å². The van der Waals surface area contributed by atoms with Crippen molar-refractivity contribution in [3.8, 4) is 0 Å². The summed E-state index contributed by atoms with van der Waals surface area (Å²) in [6.45, 7) is 1.94. The highest BCUT2D eigenvalue weighted by molar-refractivity contribution is 5.85. The minimum Gasteiger partial charge on any atom is -0.351 e. The molecule has 1 aromatic rings. The van der Waals surface area contributed by atoms with Crippen LogP contribution in [0.2, 0.25) is 0 Å². The van der Waals surface area contributed by atoms with E-state index < -0.39 is 0 Å². The summed E-state index contributed by atoms with van der Waals surface area (Å²) in [5.41, 5.74) is 1.03. The molecule has 1 aliphatic rings. The molecule has 1 aliphatic carbocycles. The molecule has 0 spiro atoms. The van der Waals surface area contributed by atoms with Gasteiger partial charge < -0.3 is 10.6 Å². The largest absolute Gasteiger partial charge is 0.351 e. The number of pyridine rings is 1. The van der Waals surface area contributed by atoms with E-state index in [-0.39, 0.29) is 30.7 Å². The lowest BCUT2D eigenvalue weighted by atomic mass is 10.3. The highest BCUT2D eigenvalue weighted by atomic mass is 35.5. The van der Waals surface area contributed by atoms with Crippen LogP contribution in [0.1, 0.15) is 18.4 Å². The molecular formula is C12H19Cl2N3O. The number of nitrogens with one attached hydrogen (secondary N) is 2. The molecule has 4 nitrogen and oxygen atoms in total. The Balaban J connectivity index is 0.00000144. The van der Waals surface area contributed by atoms with Crippen LogP contribution in [0.5, 0.6) is 0 Å². The minimum atomic E-state index is 0. The van der Waals surface area contributed by atoms with E-state index in [4.69, 9.17) is 0 Å². The van der Waals surface area contributed by atoms with Crippen LogP contribution in [0.3, 0.4) is 0 Å². The molecule has 0 unspecified atom stereocenters. The summed E-state index contributed by atoms with van der Waals surface area (Å²) < 4.78 is 0. The molecule has 0 atom stereocenters. The molecule has 1 saturated carbocycles. The van der Waals surface area contributed by atoms with E-state index in [1.54, 1.807) is 12.4 Å². The number of rotatable bonds is 6. The number of halogens is 2. The van der Waals surface area contributed by atoms with Gasteiger partial charge in [-0.2, -0.15) is 0 Å². The topological polar surface area (TPSA) is 54.0 Å². The van der Waals surface area contributed by atoms with Gasteiger partial charge in [-0.05, 0) is 36.9 Å². The molecule has 2 rings (SSSR count). The lowest BCUT2D eigenvalue weighted by molar-refractivity contribution is -0.120. The molecule has 1 heterocycles. The first kappa shape index (κ1) is 17.2. The van der Waals surface area contributed by atoms with Crippen molar-refractivity contribution in [3.05, 3.63) is 30.1 Å². The Kier molecular flexibility index (Phi) is 8.71. The Bertz CT molecular complexity index is 344. The molecule has 0 aromatic carbocycles. The van der Waals surface area contributed by atoms with E-state index in [2.05, 4.69) is 15.6 Å². The standard InChI is InChI=1S/C12H17N3O.2ClH/c16-12(9-14-6-10-3-4-10)15-8-11-2-1-5-13-7-11;;/h1-2,5,7,10,14H,3-4,6,8-9H2,(H,15,16);2*1H. The van der Waals surface area contributed by atoms with Crippen LogP contribution >= 0.6 is 24.8 Å². The minimum absolute atomic E-state index is 0. The van der Waals surface area contributed by atoms with Crippen LogP contribution in [-0.4, -0.2) is 24.0 Å². The third-order valence-electron chi connectivity index (χ3n) is 2.63. The van der Waals surface area contributed by atoms with Crippen molar-refractivity contribution in [2.45, 2.75) is 19.4 Å². The molecule has 0 radical (unpaired) electrons. The monoisotopic (exact) mass is 291 g/mol. The second-order valence-electron chi connectivity index (χ2n) is 4.21. The fourth-order valence-corrected chi connectivity index (χ4v) is 1.48. The van der Waals surface area contributed by atoms with E-state index in [1.807, 2.05) is 12.1 Å². The van der Waals surface area contributed by atoms with Gasteiger partial charge in [-0.3, -0.25) is 9.78 Å². The first-order valence-electron chi connectivity index (χ1n) is 5.71. The maximum absolute atomic E-state index is 11.4. The smallest absolute Gasteiger partial charge is 0.234 e. The third kappa shape index (κ3) is 6.79. The third-order valence-corrected chi connectivity index (χ3v) is 2.63. The van der Waals surface area contributed by atoms with E-state index >= 15 is 0 Å². The summed E-state index contributed by atoms with van der Waals surface area (Å²) in [6, 6.07) is 3.82. The summed E-state index contributed by atoms with van der Waals surface area (Å²) in [5.74, 6) is 0.857. The lowest BCUT2D eigenvalue weighted by Crippen LogP contribution is -2.34. The Morgan fingerprint density at radius 1 is 1.39 bits per heavy atom. The highest BCUT2D eigenvalue weighted by Crippen LogP contribution is 2.27. The summed E-state index contributed by atoms with van der Waals surface area (Å²) in [7, 11) is 0. The highest BCUT2D eigenvalue weighted by Gasteiger charge is 2.20. The predicted molar refractivity (Wildman–Crippen MR) is 76.2 cm³/mol. The van der Waals surface area contributed by atoms with Gasteiger partial charge in [0.2, 0.25) is 5.91 Å². The number of carbonyl (C=O) groups is 1. The molecule has 102 valence electrons. The van der Waals surface area contributed by atoms with Gasteiger partial charge in [-0.25, -0.2) is 0 Å². The zero-order valence-corrected chi connectivity index (χ0v) is 11.7. The predicted octanol–water partition coefficient (Wildman–Crippen LogP) is 1.54. The Hall–Kier alpha value is -0.840. The Morgan fingerprint density at radius 3 is 2.78 bits per heavy atom. The normalized spacial score (nSPS) is 13.1. The van der Waals surface area contributed by atoms with Gasteiger partial charge in [-0.15, -0.1) is 24.8 Å². The second kappa shape index (κ2) is 9.14. The van der Waals surface area contributed by atoms with E-state index in [9.17, 15) is 4.79 Å². The van der Waals surface area contributed by atoms with Crippen LogP contribution in [0.25, 0.3) is 0 Å². The van der Waals surface area contributed by atoms with Gasteiger partial charge in [0.25, 0.3) is 0 Å². The van der Waals surface area contributed by atoms with Gasteiger partial charge in [0.05, 0.1) is 6.54 Å². The van der Waals surface area contributed by atoms with Crippen molar-refractivity contribution in [2.24, 2.45) is 5.92 Å². The second-order valence-corrected chi connectivity index (χ2v) is 4.21. The van der Waals surface area contributed by atoms with E-state index in [0.717, 1.165) is 18.0 Å². The van der Waals surface area contributed by atoms with Crippen molar-refractivity contribution >= 4 is 30.7 Å². The van der Waals surface area contributed by atoms with Crippen molar-refractivity contribution < 1.29 is 4.79 Å². The molecule has 0 saturated heterocycles. The fourth-order valence-electron chi connectivity index (χ4n) is 1.48. The molecule has 1 amide bonds. The average Bonchev–Trinajstić information content (AvgIpc) is 3.12. The first-order chi connectivity index (χ1) is 7.84. The van der Waals surface area contributed by atoms with E-state index in [1.165, 1.54) is 12.8 Å². The molecule has 0 bridgehead atoms. The van der Waals surface area contributed by atoms with Crippen molar-refractivity contribution in [2.75, 3.05) is 13.1 Å². The van der Waals surface area contributed by atoms with Crippen LogP contribution in [-0.2, 0) is 11.3 Å². The fraction of sp³-hybridized carbons (Fsp3) is 0.500. The Labute approximate surface area is 120 Å². The first-order valence-corrected chi connectivity index (χ1v) is 5.71. The molecule has 6 heteroatoms. The van der Waals surface area contributed by atoms with Crippen molar-refractivity contribution in [1.82, 2.24) is 15.6 Å². The van der Waals surface area contributed by atoms with Gasteiger partial charge in [0.1, 0.15) is 0 Å². The number of amides is 1. The lowest BCUT2D eigenvalue weighted by Gasteiger charge is -2.05. The summed E-state index contributed by atoms with van der Waals surface area (Å²) >= 11 is 0. The van der Waals surface area contributed by atoms with Gasteiger partial charge in [0.15, 0.2) is 0 Å². The van der Waals surface area contributed by atoms with Gasteiger partial charge in [0, 0.05) is 18.9 Å². The average molecular weight is 292 g/mol. The zero-order chi connectivity index (χ0) is 11.2. The number of aromatic nitrogens is 1. The maximum atomic E-state index is 11.4. The van der Waals surface area contributed by atoms with Crippen molar-refractivity contribution in [3.63, 3.8) is 0 Å². The molecular weight excluding hydrogens is 273 g/mol. The molecule has 18 heavy (non-hydrogen) atoms. The van der Waals surface area contributed by atoms with Crippen LogP contribution < -0.4 is 10.6 Å². The SMILES string of the molecule is Cl.Cl.O=C(CNCC1CC1)NCc1cccnc1. The quantitative estimate of drug-likeness (QED) is 0.836. The number of hydrogen-bond acceptors (Lipinski definition) is 3. The summed E-state index contributed by atoms with van der Waals surface area (Å²) in [5, 5.41) is 6.01. The van der Waals surface area contributed by atoms with Crippen LogP contribution in [0.15, 0.2) is 24.5 Å². The summed E-state index contributed by atoms with van der Waals surface area (Å²) in [6.07, 6.45) is 6.11. The number of carbonyl (C=O) groups excluding carboxylic acids is 1. The van der Waals surface area contributed by atoms with E-state index in [0.29, 0.717) is 13.1 Å². The molecule has 2 N–H and O–H groups in total. The molecule has 1 fully saturated rings. The summed E-state index contributed by atoms with van der Waals surface area (Å²) in [4.78, 5) is 15.4. The molecule has 1 aromatic heterocycles. The maximum Gasteiger partial charge on any atom is 0.234 e. The van der Waals surface area contributed by atoms with Crippen LogP contribution in [0.4, 0.5) is 0 Å². The van der Waals surface area contributed by atoms with Gasteiger partial charge >= 0.3 is 0 Å². The molecule has 0 aliphatic heterocycles. The zero-order valence-electron chi connectivity index (χ0n) is 10.1. The number of nitrogens with zero attached hydrogens (tertiary/aromatic N) is 1. The Morgan fingerprint density at radius 2 is 2.17 bits per heavy atom. The van der Waals surface area contributed by atoms with Crippen molar-refractivity contribution in [1.29, 1.82) is 0 Å². The van der Waals surface area contributed by atoms with Crippen LogP contribution in [0, 0.1) is 5.92 Å².